The van der Waals surface area contributed by atoms with Crippen molar-refractivity contribution in [1.29, 1.82) is 0 Å². The molecule has 0 spiro atoms. The molecule has 0 unspecified atom stereocenters. The van der Waals surface area contributed by atoms with E-state index in [1.54, 1.807) is 11.3 Å². The standard InChI is InChI=1S/C9H15ClN2S/c1-7(2)4-3-5-11-9-12-8(10)6-13-9/h6-7H,3-5H2,1-2H3,(H,11,12). The van der Waals surface area contributed by atoms with E-state index in [0.717, 1.165) is 17.6 Å². The first-order valence-corrected chi connectivity index (χ1v) is 5.79. The highest BCUT2D eigenvalue weighted by Gasteiger charge is 1.98. The predicted octanol–water partition coefficient (Wildman–Crippen LogP) is 3.64. The second-order valence-corrected chi connectivity index (χ2v) is 4.68. The molecule has 1 rings (SSSR count). The average Bonchev–Trinajstić information content (AvgIpc) is 2.45. The fourth-order valence-corrected chi connectivity index (χ4v) is 1.91. The Morgan fingerprint density at radius 3 is 2.92 bits per heavy atom. The third-order valence-electron chi connectivity index (χ3n) is 1.71. The molecular weight excluding hydrogens is 204 g/mol. The Kier molecular flexibility index (Phi) is 4.53. The maximum Gasteiger partial charge on any atom is 0.184 e. The number of halogens is 1. The summed E-state index contributed by atoms with van der Waals surface area (Å²) in [6.45, 7) is 5.46. The maximum atomic E-state index is 5.68. The normalized spacial score (nSPS) is 10.8. The lowest BCUT2D eigenvalue weighted by molar-refractivity contribution is 0.567. The molecule has 0 atom stereocenters. The summed E-state index contributed by atoms with van der Waals surface area (Å²) >= 11 is 7.24. The first-order valence-electron chi connectivity index (χ1n) is 4.53. The highest BCUT2D eigenvalue weighted by atomic mass is 35.5. The van der Waals surface area contributed by atoms with Crippen molar-refractivity contribution in [1.82, 2.24) is 4.98 Å². The molecule has 0 aliphatic rings. The monoisotopic (exact) mass is 218 g/mol. The van der Waals surface area contributed by atoms with E-state index in [4.69, 9.17) is 11.6 Å². The molecule has 0 aromatic carbocycles. The number of nitrogens with one attached hydrogen (secondary N) is 1. The van der Waals surface area contributed by atoms with E-state index < -0.39 is 0 Å². The molecule has 1 aromatic heterocycles. The molecule has 2 nitrogen and oxygen atoms in total. The Bertz CT molecular complexity index is 248. The summed E-state index contributed by atoms with van der Waals surface area (Å²) in [5.41, 5.74) is 0. The van der Waals surface area contributed by atoms with Crippen LogP contribution < -0.4 is 5.32 Å². The molecule has 13 heavy (non-hydrogen) atoms. The van der Waals surface area contributed by atoms with E-state index in [-0.39, 0.29) is 0 Å². The van der Waals surface area contributed by atoms with Crippen molar-refractivity contribution in [3.05, 3.63) is 10.5 Å². The second-order valence-electron chi connectivity index (χ2n) is 3.44. The minimum Gasteiger partial charge on any atom is -0.361 e. The fourth-order valence-electron chi connectivity index (χ4n) is 1.04. The van der Waals surface area contributed by atoms with E-state index in [2.05, 4.69) is 24.1 Å². The molecule has 74 valence electrons. The number of hydrogen-bond acceptors (Lipinski definition) is 3. The highest BCUT2D eigenvalue weighted by molar-refractivity contribution is 7.14. The highest BCUT2D eigenvalue weighted by Crippen LogP contribution is 2.18. The molecule has 0 saturated carbocycles. The zero-order valence-corrected chi connectivity index (χ0v) is 9.58. The van der Waals surface area contributed by atoms with Gasteiger partial charge in [-0.15, -0.1) is 11.3 Å². The molecule has 1 heterocycles. The third kappa shape index (κ3) is 4.48. The van der Waals surface area contributed by atoms with Crippen LogP contribution in [0.1, 0.15) is 26.7 Å². The Balaban J connectivity index is 2.13. The van der Waals surface area contributed by atoms with Crippen molar-refractivity contribution < 1.29 is 0 Å². The molecule has 4 heteroatoms. The van der Waals surface area contributed by atoms with Crippen LogP contribution in [0, 0.1) is 5.92 Å². The largest absolute Gasteiger partial charge is 0.361 e. The first kappa shape index (κ1) is 10.8. The molecule has 0 bridgehead atoms. The molecular formula is C9H15ClN2S. The van der Waals surface area contributed by atoms with Gasteiger partial charge >= 0.3 is 0 Å². The van der Waals surface area contributed by atoms with Gasteiger partial charge in [0.2, 0.25) is 0 Å². The minimum absolute atomic E-state index is 0.580. The number of hydrogen-bond donors (Lipinski definition) is 1. The van der Waals surface area contributed by atoms with Crippen LogP contribution in [0.3, 0.4) is 0 Å². The van der Waals surface area contributed by atoms with Crippen LogP contribution in [0.2, 0.25) is 5.15 Å². The van der Waals surface area contributed by atoms with Crippen molar-refractivity contribution in [2.75, 3.05) is 11.9 Å². The van der Waals surface area contributed by atoms with Gasteiger partial charge in [-0.1, -0.05) is 25.4 Å². The smallest absolute Gasteiger partial charge is 0.184 e. The molecule has 0 radical (unpaired) electrons. The average molecular weight is 219 g/mol. The minimum atomic E-state index is 0.580. The molecule has 0 fully saturated rings. The van der Waals surface area contributed by atoms with E-state index in [1.807, 2.05) is 5.38 Å². The lowest BCUT2D eigenvalue weighted by Crippen LogP contribution is -2.02. The summed E-state index contributed by atoms with van der Waals surface area (Å²) in [5, 5.41) is 6.59. The van der Waals surface area contributed by atoms with Crippen molar-refractivity contribution in [3.8, 4) is 0 Å². The van der Waals surface area contributed by atoms with Crippen LogP contribution in [0.5, 0.6) is 0 Å². The van der Waals surface area contributed by atoms with Gasteiger partial charge in [0.1, 0.15) is 5.15 Å². The predicted molar refractivity (Wildman–Crippen MR) is 59.7 cm³/mol. The van der Waals surface area contributed by atoms with Gasteiger partial charge in [0.05, 0.1) is 0 Å². The summed E-state index contributed by atoms with van der Waals surface area (Å²) < 4.78 is 0. The van der Waals surface area contributed by atoms with Crippen molar-refractivity contribution >= 4 is 28.1 Å². The number of nitrogens with zero attached hydrogens (tertiary/aromatic N) is 1. The lowest BCUT2D eigenvalue weighted by Gasteiger charge is -2.04. The quantitative estimate of drug-likeness (QED) is 0.764. The van der Waals surface area contributed by atoms with Gasteiger partial charge < -0.3 is 5.32 Å². The van der Waals surface area contributed by atoms with Gasteiger partial charge in [-0.25, -0.2) is 4.98 Å². The van der Waals surface area contributed by atoms with Crippen LogP contribution in [0.25, 0.3) is 0 Å². The number of anilines is 1. The maximum absolute atomic E-state index is 5.68. The van der Waals surface area contributed by atoms with Gasteiger partial charge in [-0.05, 0) is 18.8 Å². The molecule has 0 aliphatic carbocycles. The van der Waals surface area contributed by atoms with E-state index >= 15 is 0 Å². The van der Waals surface area contributed by atoms with Gasteiger partial charge in [-0.3, -0.25) is 0 Å². The fraction of sp³-hybridized carbons (Fsp3) is 0.667. The third-order valence-corrected chi connectivity index (χ3v) is 2.83. The van der Waals surface area contributed by atoms with Gasteiger partial charge in [0.25, 0.3) is 0 Å². The summed E-state index contributed by atoms with van der Waals surface area (Å²) in [5.74, 6) is 0.779. The Morgan fingerprint density at radius 1 is 1.62 bits per heavy atom. The van der Waals surface area contributed by atoms with Crippen LogP contribution in [0.15, 0.2) is 5.38 Å². The number of thiazole rings is 1. The molecule has 0 amide bonds. The topological polar surface area (TPSA) is 24.9 Å². The summed E-state index contributed by atoms with van der Waals surface area (Å²) in [6.07, 6.45) is 2.45. The van der Waals surface area contributed by atoms with Gasteiger partial charge in [0.15, 0.2) is 5.13 Å². The van der Waals surface area contributed by atoms with E-state index in [1.165, 1.54) is 12.8 Å². The van der Waals surface area contributed by atoms with Crippen LogP contribution in [-0.4, -0.2) is 11.5 Å². The Labute approximate surface area is 88.3 Å². The Hall–Kier alpha value is -0.280. The van der Waals surface area contributed by atoms with Gasteiger partial charge in [0, 0.05) is 11.9 Å². The van der Waals surface area contributed by atoms with Crippen molar-refractivity contribution in [2.24, 2.45) is 5.92 Å². The summed E-state index contributed by atoms with van der Waals surface area (Å²) in [6, 6.07) is 0. The SMILES string of the molecule is CC(C)CCCNc1nc(Cl)cs1. The first-order chi connectivity index (χ1) is 6.18. The van der Waals surface area contributed by atoms with Gasteiger partial charge in [-0.2, -0.15) is 0 Å². The zero-order valence-electron chi connectivity index (χ0n) is 8.01. The lowest BCUT2D eigenvalue weighted by atomic mass is 10.1. The summed E-state index contributed by atoms with van der Waals surface area (Å²) in [4.78, 5) is 4.10. The van der Waals surface area contributed by atoms with Crippen LogP contribution >= 0.6 is 22.9 Å². The Morgan fingerprint density at radius 2 is 2.38 bits per heavy atom. The molecule has 0 aliphatic heterocycles. The summed E-state index contributed by atoms with van der Waals surface area (Å²) in [7, 11) is 0. The molecule has 1 N–H and O–H groups in total. The second kappa shape index (κ2) is 5.45. The van der Waals surface area contributed by atoms with E-state index in [0.29, 0.717) is 5.15 Å². The van der Waals surface area contributed by atoms with Crippen LogP contribution in [0.4, 0.5) is 5.13 Å². The van der Waals surface area contributed by atoms with E-state index in [9.17, 15) is 0 Å². The molecule has 1 aromatic rings. The van der Waals surface area contributed by atoms with Crippen molar-refractivity contribution in [3.63, 3.8) is 0 Å². The van der Waals surface area contributed by atoms with Crippen LogP contribution in [-0.2, 0) is 0 Å². The zero-order chi connectivity index (χ0) is 9.68. The molecule has 0 saturated heterocycles. The number of aromatic nitrogens is 1. The van der Waals surface area contributed by atoms with Crippen molar-refractivity contribution in [2.45, 2.75) is 26.7 Å². The number of rotatable bonds is 5.